The molecule has 1 aromatic carbocycles. The molecule has 2 rings (SSSR count). The summed E-state index contributed by atoms with van der Waals surface area (Å²) >= 11 is 0. The standard InChI is InChI=1S/C12H18N2O/c1-13-9-6-7-12(11(8-9)14-2)15-10-4-3-5-10/h6-8,10,13-14H,3-5H2,1-2H3. The SMILES string of the molecule is CNc1ccc(OC2CCC2)c(NC)c1. The topological polar surface area (TPSA) is 33.3 Å². The van der Waals surface area contributed by atoms with Crippen LogP contribution in [0.25, 0.3) is 0 Å². The van der Waals surface area contributed by atoms with Gasteiger partial charge in [0.2, 0.25) is 0 Å². The predicted molar refractivity (Wildman–Crippen MR) is 63.8 cm³/mol. The monoisotopic (exact) mass is 206 g/mol. The predicted octanol–water partition coefficient (Wildman–Crippen LogP) is 2.70. The summed E-state index contributed by atoms with van der Waals surface area (Å²) in [4.78, 5) is 0. The number of anilines is 2. The van der Waals surface area contributed by atoms with Crippen molar-refractivity contribution >= 4 is 11.4 Å². The summed E-state index contributed by atoms with van der Waals surface area (Å²) in [6, 6.07) is 6.12. The second-order valence-electron chi connectivity index (χ2n) is 3.88. The molecule has 0 spiro atoms. The van der Waals surface area contributed by atoms with Crippen LogP contribution in [-0.4, -0.2) is 20.2 Å². The summed E-state index contributed by atoms with van der Waals surface area (Å²) in [6.07, 6.45) is 4.11. The fourth-order valence-electron chi connectivity index (χ4n) is 1.65. The Bertz CT molecular complexity index is 334. The number of hydrogen-bond donors (Lipinski definition) is 2. The molecule has 3 heteroatoms. The maximum absolute atomic E-state index is 5.88. The van der Waals surface area contributed by atoms with Gasteiger partial charge in [-0.15, -0.1) is 0 Å². The molecule has 0 aliphatic heterocycles. The van der Waals surface area contributed by atoms with Crippen LogP contribution < -0.4 is 15.4 Å². The number of nitrogens with one attached hydrogen (secondary N) is 2. The highest BCUT2D eigenvalue weighted by Gasteiger charge is 2.20. The molecule has 1 fully saturated rings. The second-order valence-corrected chi connectivity index (χ2v) is 3.88. The zero-order valence-corrected chi connectivity index (χ0v) is 9.34. The minimum absolute atomic E-state index is 0.428. The molecule has 2 N–H and O–H groups in total. The molecule has 15 heavy (non-hydrogen) atoms. The molecule has 0 radical (unpaired) electrons. The highest BCUT2D eigenvalue weighted by atomic mass is 16.5. The average molecular weight is 206 g/mol. The van der Waals surface area contributed by atoms with Crippen LogP contribution in [-0.2, 0) is 0 Å². The van der Waals surface area contributed by atoms with Crippen LogP contribution in [0.3, 0.4) is 0 Å². The lowest BCUT2D eigenvalue weighted by Crippen LogP contribution is -2.24. The second kappa shape index (κ2) is 4.43. The molecular weight excluding hydrogens is 188 g/mol. The first kappa shape index (κ1) is 10.1. The van der Waals surface area contributed by atoms with E-state index in [0.717, 1.165) is 17.1 Å². The van der Waals surface area contributed by atoms with Crippen LogP contribution in [0, 0.1) is 0 Å². The van der Waals surface area contributed by atoms with Gasteiger partial charge in [0.25, 0.3) is 0 Å². The van der Waals surface area contributed by atoms with Crippen molar-refractivity contribution in [1.29, 1.82) is 0 Å². The Morgan fingerprint density at radius 3 is 2.53 bits per heavy atom. The molecule has 0 aromatic heterocycles. The fourth-order valence-corrected chi connectivity index (χ4v) is 1.65. The third-order valence-corrected chi connectivity index (χ3v) is 2.88. The lowest BCUT2D eigenvalue weighted by Gasteiger charge is -2.27. The molecule has 0 amide bonds. The van der Waals surface area contributed by atoms with Gasteiger partial charge in [-0.2, -0.15) is 0 Å². The number of hydrogen-bond acceptors (Lipinski definition) is 3. The maximum atomic E-state index is 5.88. The van der Waals surface area contributed by atoms with E-state index in [4.69, 9.17) is 4.74 Å². The Kier molecular flexibility index (Phi) is 2.99. The van der Waals surface area contributed by atoms with Crippen molar-refractivity contribution in [3.8, 4) is 5.75 Å². The van der Waals surface area contributed by atoms with Gasteiger partial charge < -0.3 is 15.4 Å². The summed E-state index contributed by atoms with van der Waals surface area (Å²) in [6.45, 7) is 0. The summed E-state index contributed by atoms with van der Waals surface area (Å²) in [7, 11) is 3.84. The highest BCUT2D eigenvalue weighted by Crippen LogP contribution is 2.32. The smallest absolute Gasteiger partial charge is 0.142 e. The Morgan fingerprint density at radius 1 is 1.20 bits per heavy atom. The first-order chi connectivity index (χ1) is 7.33. The summed E-state index contributed by atoms with van der Waals surface area (Å²) in [5.41, 5.74) is 2.15. The Hall–Kier alpha value is -1.38. The van der Waals surface area contributed by atoms with Gasteiger partial charge in [0, 0.05) is 19.8 Å². The molecule has 0 unspecified atom stereocenters. The quantitative estimate of drug-likeness (QED) is 0.794. The van der Waals surface area contributed by atoms with Gasteiger partial charge in [0.05, 0.1) is 11.8 Å². The van der Waals surface area contributed by atoms with Crippen molar-refractivity contribution in [1.82, 2.24) is 0 Å². The van der Waals surface area contributed by atoms with E-state index in [1.54, 1.807) is 0 Å². The first-order valence-corrected chi connectivity index (χ1v) is 5.49. The van der Waals surface area contributed by atoms with E-state index < -0.39 is 0 Å². The van der Waals surface area contributed by atoms with E-state index in [2.05, 4.69) is 16.7 Å². The van der Waals surface area contributed by atoms with Crippen molar-refractivity contribution in [2.24, 2.45) is 0 Å². The Morgan fingerprint density at radius 2 is 2.00 bits per heavy atom. The van der Waals surface area contributed by atoms with Gasteiger partial charge in [-0.05, 0) is 37.5 Å². The van der Waals surface area contributed by atoms with E-state index in [1.807, 2.05) is 26.2 Å². The fraction of sp³-hybridized carbons (Fsp3) is 0.500. The zero-order chi connectivity index (χ0) is 10.7. The van der Waals surface area contributed by atoms with Gasteiger partial charge >= 0.3 is 0 Å². The van der Waals surface area contributed by atoms with Crippen molar-refractivity contribution in [3.05, 3.63) is 18.2 Å². The van der Waals surface area contributed by atoms with Crippen LogP contribution in [0.15, 0.2) is 18.2 Å². The van der Waals surface area contributed by atoms with Crippen LogP contribution in [0.4, 0.5) is 11.4 Å². The van der Waals surface area contributed by atoms with Crippen molar-refractivity contribution in [3.63, 3.8) is 0 Å². The molecule has 3 nitrogen and oxygen atoms in total. The lowest BCUT2D eigenvalue weighted by molar-refractivity contribution is 0.121. The molecular formula is C12H18N2O. The molecule has 1 aromatic rings. The van der Waals surface area contributed by atoms with Crippen LogP contribution >= 0.6 is 0 Å². The van der Waals surface area contributed by atoms with E-state index in [1.165, 1.54) is 19.3 Å². The average Bonchev–Trinajstić information content (AvgIpc) is 2.23. The van der Waals surface area contributed by atoms with Crippen LogP contribution in [0.5, 0.6) is 5.75 Å². The van der Waals surface area contributed by atoms with Crippen molar-refractivity contribution < 1.29 is 4.74 Å². The Labute approximate surface area is 90.8 Å². The number of rotatable bonds is 4. The molecule has 0 saturated heterocycles. The summed E-state index contributed by atoms with van der Waals surface area (Å²) in [5.74, 6) is 0.959. The molecule has 1 aliphatic rings. The van der Waals surface area contributed by atoms with Crippen molar-refractivity contribution in [2.45, 2.75) is 25.4 Å². The molecule has 1 aliphatic carbocycles. The Balaban J connectivity index is 2.13. The maximum Gasteiger partial charge on any atom is 0.142 e. The lowest BCUT2D eigenvalue weighted by atomic mass is 9.96. The summed E-state index contributed by atoms with van der Waals surface area (Å²) in [5, 5.41) is 6.27. The third-order valence-electron chi connectivity index (χ3n) is 2.88. The van der Waals surface area contributed by atoms with E-state index >= 15 is 0 Å². The molecule has 1 saturated carbocycles. The normalized spacial score (nSPS) is 15.6. The van der Waals surface area contributed by atoms with Gasteiger partial charge in [0.15, 0.2) is 0 Å². The van der Waals surface area contributed by atoms with Gasteiger partial charge in [0.1, 0.15) is 5.75 Å². The van der Waals surface area contributed by atoms with Gasteiger partial charge in [-0.3, -0.25) is 0 Å². The van der Waals surface area contributed by atoms with E-state index in [9.17, 15) is 0 Å². The van der Waals surface area contributed by atoms with Gasteiger partial charge in [-0.25, -0.2) is 0 Å². The number of benzene rings is 1. The first-order valence-electron chi connectivity index (χ1n) is 5.49. The van der Waals surface area contributed by atoms with Crippen LogP contribution in [0.1, 0.15) is 19.3 Å². The van der Waals surface area contributed by atoms with Crippen molar-refractivity contribution in [2.75, 3.05) is 24.7 Å². The molecule has 0 heterocycles. The molecule has 0 bridgehead atoms. The largest absolute Gasteiger partial charge is 0.488 e. The third kappa shape index (κ3) is 2.17. The van der Waals surface area contributed by atoms with Gasteiger partial charge in [-0.1, -0.05) is 0 Å². The van der Waals surface area contributed by atoms with E-state index in [-0.39, 0.29) is 0 Å². The van der Waals surface area contributed by atoms with Crippen LogP contribution in [0.2, 0.25) is 0 Å². The zero-order valence-electron chi connectivity index (χ0n) is 9.34. The molecule has 0 atom stereocenters. The highest BCUT2D eigenvalue weighted by molar-refractivity contribution is 5.64. The number of ether oxygens (including phenoxy) is 1. The summed E-state index contributed by atoms with van der Waals surface area (Å²) < 4.78 is 5.88. The minimum atomic E-state index is 0.428. The molecule has 82 valence electrons. The minimum Gasteiger partial charge on any atom is -0.488 e. The van der Waals surface area contributed by atoms with E-state index in [0.29, 0.717) is 6.10 Å².